The minimum atomic E-state index is 0.0606. The number of carbonyl (C=O) groups is 1. The third kappa shape index (κ3) is 6.51. The standard InChI is InChI=1S/C28H33ClN4OS/c1-3-32(4-2)28(34)23-13-11-22(12-14-23)27(30-26-10-6-5-9-25(26)29)33-19-17-31(18-20-33)16-15-24-8-7-21-35-24/h5-14,21H,3-4,15-20H2,1-2H3. The molecule has 1 amide bonds. The number of para-hydroxylation sites is 1. The molecule has 3 aromatic rings. The first-order valence-corrected chi connectivity index (χ1v) is 13.6. The van der Waals surface area contributed by atoms with Crippen LogP contribution in [0.3, 0.4) is 0 Å². The molecule has 0 radical (unpaired) electrons. The predicted molar refractivity (Wildman–Crippen MR) is 147 cm³/mol. The molecule has 0 unspecified atom stereocenters. The molecule has 0 spiro atoms. The smallest absolute Gasteiger partial charge is 0.253 e. The zero-order chi connectivity index (χ0) is 24.6. The SMILES string of the molecule is CCN(CC)C(=O)c1ccc(C(=Nc2ccccc2Cl)N2CCN(CCc3cccs3)CC2)cc1. The summed E-state index contributed by atoms with van der Waals surface area (Å²) in [4.78, 5) is 25.9. The molecule has 4 rings (SSSR count). The average Bonchev–Trinajstić information content (AvgIpc) is 3.42. The summed E-state index contributed by atoms with van der Waals surface area (Å²) >= 11 is 8.29. The van der Waals surface area contributed by atoms with E-state index in [0.29, 0.717) is 23.7 Å². The highest BCUT2D eigenvalue weighted by Crippen LogP contribution is 2.26. The second kappa shape index (κ2) is 12.3. The Morgan fingerprint density at radius 1 is 0.943 bits per heavy atom. The minimum Gasteiger partial charge on any atom is -0.354 e. The highest BCUT2D eigenvalue weighted by molar-refractivity contribution is 7.09. The van der Waals surface area contributed by atoms with Crippen molar-refractivity contribution in [1.82, 2.24) is 14.7 Å². The van der Waals surface area contributed by atoms with Gasteiger partial charge in [-0.05, 0) is 56.0 Å². The molecule has 0 aliphatic carbocycles. The maximum Gasteiger partial charge on any atom is 0.253 e. The van der Waals surface area contributed by atoms with Crippen molar-refractivity contribution in [2.45, 2.75) is 20.3 Å². The van der Waals surface area contributed by atoms with Crippen molar-refractivity contribution in [3.8, 4) is 0 Å². The monoisotopic (exact) mass is 508 g/mol. The summed E-state index contributed by atoms with van der Waals surface area (Å²) in [6.07, 6.45) is 1.10. The van der Waals surface area contributed by atoms with Crippen LogP contribution in [-0.4, -0.2) is 72.3 Å². The number of carbonyl (C=O) groups excluding carboxylic acids is 1. The molecule has 0 atom stereocenters. The number of benzene rings is 2. The third-order valence-electron chi connectivity index (χ3n) is 6.45. The summed E-state index contributed by atoms with van der Waals surface area (Å²) < 4.78 is 0. The first-order chi connectivity index (χ1) is 17.1. The van der Waals surface area contributed by atoms with Crippen molar-refractivity contribution in [2.24, 2.45) is 4.99 Å². The molecule has 7 heteroatoms. The van der Waals surface area contributed by atoms with Crippen molar-refractivity contribution >= 4 is 40.4 Å². The second-order valence-electron chi connectivity index (χ2n) is 8.60. The van der Waals surface area contributed by atoms with E-state index in [2.05, 4.69) is 27.3 Å². The van der Waals surface area contributed by atoms with E-state index in [1.165, 1.54) is 4.88 Å². The third-order valence-corrected chi connectivity index (χ3v) is 7.70. The molecule has 1 fully saturated rings. The Kier molecular flexibility index (Phi) is 8.96. The molecule has 0 saturated carbocycles. The van der Waals surface area contributed by atoms with Gasteiger partial charge < -0.3 is 9.80 Å². The fraction of sp³-hybridized carbons (Fsp3) is 0.357. The van der Waals surface area contributed by atoms with Crippen LogP contribution in [0.25, 0.3) is 0 Å². The molecular weight excluding hydrogens is 476 g/mol. The summed E-state index contributed by atoms with van der Waals surface area (Å²) in [6, 6.07) is 19.9. The molecular formula is C28H33ClN4OS. The molecule has 35 heavy (non-hydrogen) atoms. The fourth-order valence-electron chi connectivity index (χ4n) is 4.34. The van der Waals surface area contributed by atoms with Gasteiger partial charge >= 0.3 is 0 Å². The number of piperazine rings is 1. The van der Waals surface area contributed by atoms with E-state index < -0.39 is 0 Å². The van der Waals surface area contributed by atoms with Crippen LogP contribution in [-0.2, 0) is 6.42 Å². The number of amides is 1. The van der Waals surface area contributed by atoms with Crippen LogP contribution in [0.5, 0.6) is 0 Å². The van der Waals surface area contributed by atoms with E-state index in [4.69, 9.17) is 16.6 Å². The molecule has 2 aromatic carbocycles. The number of rotatable bonds is 8. The molecule has 1 aliphatic rings. The molecule has 1 aliphatic heterocycles. The van der Waals surface area contributed by atoms with E-state index in [0.717, 1.165) is 56.2 Å². The lowest BCUT2D eigenvalue weighted by molar-refractivity contribution is 0.0773. The lowest BCUT2D eigenvalue weighted by Crippen LogP contribution is -2.49. The lowest BCUT2D eigenvalue weighted by atomic mass is 10.1. The van der Waals surface area contributed by atoms with Crippen LogP contribution in [0.15, 0.2) is 71.0 Å². The number of aliphatic imine (C=N–C) groups is 1. The van der Waals surface area contributed by atoms with Crippen molar-refractivity contribution in [3.63, 3.8) is 0 Å². The normalized spacial score (nSPS) is 14.8. The summed E-state index contributed by atoms with van der Waals surface area (Å²) in [5.41, 5.74) is 2.45. The zero-order valence-electron chi connectivity index (χ0n) is 20.5. The maximum atomic E-state index is 12.8. The van der Waals surface area contributed by atoms with Gasteiger partial charge in [0.05, 0.1) is 10.7 Å². The summed E-state index contributed by atoms with van der Waals surface area (Å²) in [7, 11) is 0. The van der Waals surface area contributed by atoms with Gasteiger partial charge in [0.1, 0.15) is 5.84 Å². The van der Waals surface area contributed by atoms with Crippen LogP contribution in [0.4, 0.5) is 5.69 Å². The quantitative estimate of drug-likeness (QED) is 0.284. The number of hydrogen-bond acceptors (Lipinski definition) is 4. The minimum absolute atomic E-state index is 0.0606. The van der Waals surface area contributed by atoms with Gasteiger partial charge in [-0.3, -0.25) is 9.69 Å². The molecule has 5 nitrogen and oxygen atoms in total. The Balaban J connectivity index is 1.53. The Hall–Kier alpha value is -2.67. The van der Waals surface area contributed by atoms with Crippen LogP contribution >= 0.6 is 22.9 Å². The Morgan fingerprint density at radius 3 is 2.26 bits per heavy atom. The number of halogens is 1. The topological polar surface area (TPSA) is 39.2 Å². The van der Waals surface area contributed by atoms with Crippen LogP contribution in [0.2, 0.25) is 5.02 Å². The predicted octanol–water partition coefficient (Wildman–Crippen LogP) is 5.82. The van der Waals surface area contributed by atoms with E-state index in [9.17, 15) is 4.79 Å². The zero-order valence-corrected chi connectivity index (χ0v) is 22.1. The Labute approximate surface area is 217 Å². The largest absolute Gasteiger partial charge is 0.354 e. The summed E-state index contributed by atoms with van der Waals surface area (Å²) in [5.74, 6) is 0.961. The van der Waals surface area contributed by atoms with Gasteiger partial charge in [-0.15, -0.1) is 11.3 Å². The summed E-state index contributed by atoms with van der Waals surface area (Å²) in [6.45, 7) is 10.3. The fourth-order valence-corrected chi connectivity index (χ4v) is 5.21. The molecule has 0 bridgehead atoms. The van der Waals surface area contributed by atoms with Crippen molar-refractivity contribution < 1.29 is 4.79 Å². The van der Waals surface area contributed by atoms with Gasteiger partial charge in [-0.2, -0.15) is 0 Å². The van der Waals surface area contributed by atoms with Crippen LogP contribution in [0.1, 0.15) is 34.6 Å². The van der Waals surface area contributed by atoms with Gasteiger partial charge in [0, 0.05) is 61.8 Å². The van der Waals surface area contributed by atoms with Crippen molar-refractivity contribution in [3.05, 3.63) is 87.1 Å². The first-order valence-electron chi connectivity index (χ1n) is 12.3. The molecule has 1 aromatic heterocycles. The molecule has 0 N–H and O–H groups in total. The van der Waals surface area contributed by atoms with E-state index >= 15 is 0 Å². The molecule has 184 valence electrons. The first kappa shape index (κ1) is 25.4. The average molecular weight is 509 g/mol. The molecule has 1 saturated heterocycles. The van der Waals surface area contributed by atoms with Gasteiger partial charge in [-0.25, -0.2) is 4.99 Å². The molecule has 2 heterocycles. The summed E-state index contributed by atoms with van der Waals surface area (Å²) in [5, 5.41) is 2.78. The number of nitrogens with zero attached hydrogens (tertiary/aromatic N) is 4. The Morgan fingerprint density at radius 2 is 1.63 bits per heavy atom. The van der Waals surface area contributed by atoms with Crippen LogP contribution < -0.4 is 0 Å². The van der Waals surface area contributed by atoms with Gasteiger partial charge in [0.2, 0.25) is 0 Å². The Bertz CT molecular complexity index is 1120. The highest BCUT2D eigenvalue weighted by Gasteiger charge is 2.22. The van der Waals surface area contributed by atoms with Crippen molar-refractivity contribution in [2.75, 3.05) is 45.8 Å². The maximum absolute atomic E-state index is 12.8. The van der Waals surface area contributed by atoms with Crippen LogP contribution in [0, 0.1) is 0 Å². The van der Waals surface area contributed by atoms with E-state index in [1.807, 2.05) is 78.6 Å². The number of hydrogen-bond donors (Lipinski definition) is 0. The van der Waals surface area contributed by atoms with Crippen molar-refractivity contribution in [1.29, 1.82) is 0 Å². The van der Waals surface area contributed by atoms with Gasteiger partial charge in [-0.1, -0.05) is 41.9 Å². The number of amidine groups is 1. The lowest BCUT2D eigenvalue weighted by Gasteiger charge is -2.36. The van der Waals surface area contributed by atoms with E-state index in [1.54, 1.807) is 0 Å². The highest BCUT2D eigenvalue weighted by atomic mass is 35.5. The van der Waals surface area contributed by atoms with Gasteiger partial charge in [0.15, 0.2) is 0 Å². The second-order valence-corrected chi connectivity index (χ2v) is 10.0. The van der Waals surface area contributed by atoms with Gasteiger partial charge in [0.25, 0.3) is 5.91 Å². The number of thiophene rings is 1. The van der Waals surface area contributed by atoms with E-state index in [-0.39, 0.29) is 5.91 Å².